The highest BCUT2D eigenvalue weighted by Gasteiger charge is 2.22. The fourth-order valence-corrected chi connectivity index (χ4v) is 2.33. The van der Waals surface area contributed by atoms with E-state index in [0.717, 1.165) is 4.68 Å². The lowest BCUT2D eigenvalue weighted by Crippen LogP contribution is -2.14. The van der Waals surface area contributed by atoms with Crippen molar-refractivity contribution in [2.45, 2.75) is 20.5 Å². The predicted molar refractivity (Wildman–Crippen MR) is 80.7 cm³/mol. The highest BCUT2D eigenvalue weighted by Crippen LogP contribution is 2.27. The quantitative estimate of drug-likeness (QED) is 0.517. The van der Waals surface area contributed by atoms with Gasteiger partial charge in [0, 0.05) is 11.8 Å². The fraction of sp³-hybridized carbons (Fsp3) is 0.176. The van der Waals surface area contributed by atoms with E-state index in [4.69, 9.17) is 9.15 Å². The summed E-state index contributed by atoms with van der Waals surface area (Å²) < 4.78 is 64.6. The van der Waals surface area contributed by atoms with Gasteiger partial charge in [0.25, 0.3) is 0 Å². The van der Waals surface area contributed by atoms with Crippen LogP contribution in [0.3, 0.4) is 0 Å². The molecular formula is C17H12F4N2O3. The summed E-state index contributed by atoms with van der Waals surface area (Å²) in [4.78, 5) is 12.3. The number of nitrogens with zero attached hydrogens (tertiary/aromatic N) is 2. The van der Waals surface area contributed by atoms with Crippen molar-refractivity contribution in [2.24, 2.45) is 0 Å². The molecule has 0 atom stereocenters. The molecule has 136 valence electrons. The van der Waals surface area contributed by atoms with Gasteiger partial charge >= 0.3 is 5.91 Å². The molecule has 2 aromatic heterocycles. The van der Waals surface area contributed by atoms with Crippen molar-refractivity contribution in [3.8, 4) is 5.75 Å². The van der Waals surface area contributed by atoms with Gasteiger partial charge < -0.3 is 9.15 Å². The van der Waals surface area contributed by atoms with Crippen molar-refractivity contribution in [1.82, 2.24) is 9.78 Å². The minimum atomic E-state index is -1.66. The Morgan fingerprint density at radius 2 is 1.77 bits per heavy atom. The number of aromatic nitrogens is 2. The molecule has 9 heteroatoms. The average Bonchev–Trinajstić information content (AvgIpc) is 3.18. The van der Waals surface area contributed by atoms with Gasteiger partial charge in [0.1, 0.15) is 12.4 Å². The normalized spacial score (nSPS) is 11.0. The number of benzene rings is 1. The standard InChI is InChI=1S/C17H12F4N2O3/c1-8-5-9(2)23(22-8)17(24)13-4-3-10(26-13)7-25-16-14(20)11(18)6-12(19)15(16)21/h3-6H,7H2,1-2H3. The highest BCUT2D eigenvalue weighted by molar-refractivity contribution is 5.93. The van der Waals surface area contributed by atoms with Crippen LogP contribution >= 0.6 is 0 Å². The van der Waals surface area contributed by atoms with E-state index in [-0.39, 0.29) is 17.6 Å². The van der Waals surface area contributed by atoms with Gasteiger partial charge in [-0.15, -0.1) is 0 Å². The Morgan fingerprint density at radius 3 is 2.35 bits per heavy atom. The lowest BCUT2D eigenvalue weighted by atomic mass is 10.3. The number of halogens is 4. The van der Waals surface area contributed by atoms with E-state index in [9.17, 15) is 22.4 Å². The summed E-state index contributed by atoms with van der Waals surface area (Å²) in [5, 5.41) is 4.03. The third kappa shape index (κ3) is 3.19. The average molecular weight is 368 g/mol. The summed E-state index contributed by atoms with van der Waals surface area (Å²) in [6.45, 7) is 2.87. The Kier molecular flexibility index (Phi) is 4.54. The molecule has 0 saturated heterocycles. The predicted octanol–water partition coefficient (Wildman–Crippen LogP) is 3.92. The lowest BCUT2D eigenvalue weighted by Gasteiger charge is -2.08. The zero-order valence-corrected chi connectivity index (χ0v) is 13.6. The number of carbonyl (C=O) groups is 1. The Labute approximate surface area is 144 Å². The second-order valence-electron chi connectivity index (χ2n) is 5.50. The summed E-state index contributed by atoms with van der Waals surface area (Å²) in [6.07, 6.45) is 0. The minimum Gasteiger partial charge on any atom is -0.479 e. The van der Waals surface area contributed by atoms with E-state index < -0.39 is 41.5 Å². The maximum Gasteiger partial charge on any atom is 0.314 e. The maximum atomic E-state index is 13.5. The molecule has 3 aromatic rings. The Morgan fingerprint density at radius 1 is 1.12 bits per heavy atom. The first-order valence-corrected chi connectivity index (χ1v) is 7.40. The van der Waals surface area contributed by atoms with E-state index in [1.807, 2.05) is 0 Å². The molecule has 26 heavy (non-hydrogen) atoms. The van der Waals surface area contributed by atoms with Crippen LogP contribution < -0.4 is 4.74 Å². The molecule has 0 unspecified atom stereocenters. The molecule has 0 radical (unpaired) electrons. The van der Waals surface area contributed by atoms with Crippen LogP contribution in [0.4, 0.5) is 17.6 Å². The van der Waals surface area contributed by atoms with E-state index in [1.165, 1.54) is 12.1 Å². The van der Waals surface area contributed by atoms with Crippen LogP contribution in [0.15, 0.2) is 28.7 Å². The summed E-state index contributed by atoms with van der Waals surface area (Å²) in [6, 6.07) is 4.45. The molecule has 0 aliphatic rings. The van der Waals surface area contributed by atoms with Gasteiger partial charge in [-0.05, 0) is 32.0 Å². The molecule has 0 amide bonds. The van der Waals surface area contributed by atoms with Gasteiger partial charge in [-0.25, -0.2) is 8.78 Å². The second-order valence-corrected chi connectivity index (χ2v) is 5.50. The molecule has 3 rings (SSSR count). The highest BCUT2D eigenvalue weighted by atomic mass is 19.2. The van der Waals surface area contributed by atoms with Gasteiger partial charge in [0.15, 0.2) is 23.1 Å². The van der Waals surface area contributed by atoms with Crippen LogP contribution in [-0.4, -0.2) is 15.7 Å². The topological polar surface area (TPSA) is 57.3 Å². The summed E-state index contributed by atoms with van der Waals surface area (Å²) in [5.74, 6) is -8.29. The number of ether oxygens (including phenoxy) is 1. The third-order valence-electron chi connectivity index (χ3n) is 3.50. The molecule has 0 fully saturated rings. The number of hydrogen-bond donors (Lipinski definition) is 0. The first kappa shape index (κ1) is 17.7. The molecule has 0 bridgehead atoms. The van der Waals surface area contributed by atoms with Crippen molar-refractivity contribution in [2.75, 3.05) is 0 Å². The van der Waals surface area contributed by atoms with Gasteiger partial charge in [-0.2, -0.15) is 18.6 Å². The molecule has 0 spiro atoms. The number of carbonyl (C=O) groups excluding carboxylic acids is 1. The second kappa shape index (κ2) is 6.66. The summed E-state index contributed by atoms with van der Waals surface area (Å²) in [5.41, 5.74) is 1.24. The zero-order chi connectivity index (χ0) is 19.0. The van der Waals surface area contributed by atoms with Crippen LogP contribution in [0, 0.1) is 37.1 Å². The SMILES string of the molecule is Cc1cc(C)n(C(=O)c2ccc(COc3c(F)c(F)cc(F)c3F)o2)n1. The first-order chi connectivity index (χ1) is 12.3. The smallest absolute Gasteiger partial charge is 0.314 e. The van der Waals surface area contributed by atoms with Crippen LogP contribution in [0.5, 0.6) is 5.75 Å². The molecular weight excluding hydrogens is 356 g/mol. The molecule has 5 nitrogen and oxygen atoms in total. The Hall–Kier alpha value is -3.10. The minimum absolute atomic E-state index is 0.0263. The Bertz CT molecular complexity index is 968. The van der Waals surface area contributed by atoms with Crippen LogP contribution in [-0.2, 0) is 6.61 Å². The molecule has 2 heterocycles. The largest absolute Gasteiger partial charge is 0.479 e. The Balaban J connectivity index is 1.78. The van der Waals surface area contributed by atoms with Gasteiger partial charge in [-0.1, -0.05) is 0 Å². The van der Waals surface area contributed by atoms with Gasteiger partial charge in [0.2, 0.25) is 11.6 Å². The lowest BCUT2D eigenvalue weighted by molar-refractivity contribution is 0.0910. The number of furan rings is 1. The van der Waals surface area contributed by atoms with Crippen molar-refractivity contribution in [3.05, 3.63) is 70.4 Å². The van der Waals surface area contributed by atoms with Gasteiger partial charge in [0.05, 0.1) is 5.69 Å². The molecule has 1 aromatic carbocycles. The van der Waals surface area contributed by atoms with Crippen LogP contribution in [0.1, 0.15) is 27.7 Å². The summed E-state index contributed by atoms with van der Waals surface area (Å²) in [7, 11) is 0. The first-order valence-electron chi connectivity index (χ1n) is 7.40. The van der Waals surface area contributed by atoms with E-state index in [0.29, 0.717) is 11.4 Å². The maximum absolute atomic E-state index is 13.5. The molecule has 0 aliphatic carbocycles. The van der Waals surface area contributed by atoms with Crippen molar-refractivity contribution >= 4 is 5.91 Å². The zero-order valence-electron chi connectivity index (χ0n) is 13.6. The number of aryl methyl sites for hydroxylation is 2. The van der Waals surface area contributed by atoms with Crippen molar-refractivity contribution in [3.63, 3.8) is 0 Å². The van der Waals surface area contributed by atoms with Gasteiger partial charge in [-0.3, -0.25) is 4.79 Å². The van der Waals surface area contributed by atoms with Crippen molar-refractivity contribution < 1.29 is 31.5 Å². The summed E-state index contributed by atoms with van der Waals surface area (Å²) >= 11 is 0. The van der Waals surface area contributed by atoms with E-state index >= 15 is 0 Å². The molecule has 0 N–H and O–H groups in total. The third-order valence-corrected chi connectivity index (χ3v) is 3.50. The molecule has 0 saturated carbocycles. The number of hydrogen-bond acceptors (Lipinski definition) is 4. The fourth-order valence-electron chi connectivity index (χ4n) is 2.33. The molecule has 0 aliphatic heterocycles. The number of rotatable bonds is 4. The van der Waals surface area contributed by atoms with Crippen LogP contribution in [0.25, 0.3) is 0 Å². The van der Waals surface area contributed by atoms with E-state index in [2.05, 4.69) is 5.10 Å². The van der Waals surface area contributed by atoms with Crippen molar-refractivity contribution in [1.29, 1.82) is 0 Å². The monoisotopic (exact) mass is 368 g/mol. The van der Waals surface area contributed by atoms with Crippen LogP contribution in [0.2, 0.25) is 0 Å². The van der Waals surface area contributed by atoms with E-state index in [1.54, 1.807) is 19.9 Å².